The number of carbonyl (C=O) groups is 1. The molecule has 0 aromatic heterocycles. The molecule has 22 heavy (non-hydrogen) atoms. The van der Waals surface area contributed by atoms with Crippen LogP contribution in [0.2, 0.25) is 0 Å². The van der Waals surface area contributed by atoms with E-state index in [0.717, 1.165) is 25.7 Å². The lowest BCUT2D eigenvalue weighted by molar-refractivity contribution is -0.217. The number of nitriles is 1. The number of ether oxygens (including phenoxy) is 2. The molecule has 1 aromatic rings. The molecule has 0 amide bonds. The Labute approximate surface area is 131 Å². The first kappa shape index (κ1) is 18.1. The topological polar surface area (TPSA) is 79.5 Å². The van der Waals surface area contributed by atoms with Gasteiger partial charge in [-0.1, -0.05) is 24.6 Å². The Kier molecular flexibility index (Phi) is 8.19. The van der Waals surface area contributed by atoms with Gasteiger partial charge in [-0.25, -0.2) is 0 Å². The van der Waals surface area contributed by atoms with Crippen molar-refractivity contribution in [2.24, 2.45) is 0 Å². The molecule has 1 aromatic carbocycles. The molecule has 0 spiro atoms. The summed E-state index contributed by atoms with van der Waals surface area (Å²) in [5, 5.41) is 17.8. The van der Waals surface area contributed by atoms with Crippen LogP contribution in [-0.4, -0.2) is 23.5 Å². The summed E-state index contributed by atoms with van der Waals surface area (Å²) >= 11 is 0. The van der Waals surface area contributed by atoms with Gasteiger partial charge in [-0.3, -0.25) is 4.79 Å². The van der Waals surface area contributed by atoms with E-state index in [9.17, 15) is 9.90 Å². The molecule has 1 N–H and O–H groups in total. The maximum Gasteiger partial charge on any atom is 0.325 e. The van der Waals surface area contributed by atoms with Crippen molar-refractivity contribution in [1.82, 2.24) is 0 Å². The van der Waals surface area contributed by atoms with Crippen LogP contribution in [0.15, 0.2) is 30.3 Å². The van der Waals surface area contributed by atoms with E-state index in [1.165, 1.54) is 6.42 Å². The second-order valence-electron chi connectivity index (χ2n) is 5.06. The molecule has 0 bridgehead atoms. The summed E-state index contributed by atoms with van der Waals surface area (Å²) in [6, 6.07) is 10.4. The van der Waals surface area contributed by atoms with E-state index in [2.05, 4.69) is 0 Å². The van der Waals surface area contributed by atoms with E-state index in [-0.39, 0.29) is 6.42 Å². The van der Waals surface area contributed by atoms with E-state index in [0.29, 0.717) is 12.4 Å². The van der Waals surface area contributed by atoms with Crippen molar-refractivity contribution in [3.05, 3.63) is 30.3 Å². The minimum absolute atomic E-state index is 0.213. The molecule has 5 heteroatoms. The molecule has 1 fully saturated rings. The molecule has 0 saturated heterocycles. The summed E-state index contributed by atoms with van der Waals surface area (Å²) in [7, 11) is 0. The van der Waals surface area contributed by atoms with E-state index >= 15 is 0 Å². The molecule has 0 aliphatic heterocycles. The Bertz CT molecular complexity index is 470. The molecule has 0 radical (unpaired) electrons. The SMILES string of the molecule is CCOC1(O)CCCCC1.N#CCC(=O)Oc1ccccc1. The van der Waals surface area contributed by atoms with Crippen LogP contribution in [0.1, 0.15) is 45.4 Å². The van der Waals surface area contributed by atoms with Crippen molar-refractivity contribution < 1.29 is 19.4 Å². The lowest BCUT2D eigenvalue weighted by Gasteiger charge is -2.31. The third-order valence-corrected chi connectivity index (χ3v) is 3.25. The number of benzene rings is 1. The number of rotatable bonds is 4. The summed E-state index contributed by atoms with van der Waals surface area (Å²) < 4.78 is 10.0. The smallest absolute Gasteiger partial charge is 0.325 e. The minimum atomic E-state index is -0.771. The fraction of sp³-hybridized carbons (Fsp3) is 0.529. The van der Waals surface area contributed by atoms with Gasteiger partial charge in [0, 0.05) is 19.4 Å². The first-order valence-corrected chi connectivity index (χ1v) is 7.58. The third-order valence-electron chi connectivity index (χ3n) is 3.25. The summed E-state index contributed by atoms with van der Waals surface area (Å²) in [6.45, 7) is 2.54. The standard InChI is InChI=1S/C9H7NO2.C8H16O2/c10-7-6-9(11)12-8-4-2-1-3-5-8;1-2-10-8(9)6-4-3-5-7-8/h1-5H,6H2;9H,2-7H2,1H3. The highest BCUT2D eigenvalue weighted by Gasteiger charge is 2.28. The highest BCUT2D eigenvalue weighted by molar-refractivity contribution is 5.74. The van der Waals surface area contributed by atoms with Crippen molar-refractivity contribution in [1.29, 1.82) is 5.26 Å². The molecule has 1 saturated carbocycles. The number of para-hydroxylation sites is 1. The average molecular weight is 305 g/mol. The zero-order chi connectivity index (χ0) is 16.3. The Morgan fingerprint density at radius 2 is 1.91 bits per heavy atom. The molecule has 120 valence electrons. The third kappa shape index (κ3) is 7.21. The predicted molar refractivity (Wildman–Crippen MR) is 82.0 cm³/mol. The number of carbonyl (C=O) groups excluding carboxylic acids is 1. The Morgan fingerprint density at radius 1 is 1.27 bits per heavy atom. The van der Waals surface area contributed by atoms with Gasteiger partial charge in [-0.05, 0) is 31.9 Å². The van der Waals surface area contributed by atoms with Gasteiger partial charge in [0.15, 0.2) is 5.79 Å². The fourth-order valence-corrected chi connectivity index (χ4v) is 2.24. The van der Waals surface area contributed by atoms with E-state index in [4.69, 9.17) is 14.7 Å². The maximum absolute atomic E-state index is 10.8. The van der Waals surface area contributed by atoms with Gasteiger partial charge in [0.2, 0.25) is 0 Å². The van der Waals surface area contributed by atoms with Crippen molar-refractivity contribution in [3.8, 4) is 11.8 Å². The number of hydrogen-bond donors (Lipinski definition) is 1. The zero-order valence-electron chi connectivity index (χ0n) is 13.0. The number of nitrogens with zero attached hydrogens (tertiary/aromatic N) is 1. The van der Waals surface area contributed by atoms with Gasteiger partial charge in [0.05, 0.1) is 6.07 Å². The summed E-state index contributed by atoms with van der Waals surface area (Å²) in [4.78, 5) is 10.8. The molecule has 1 aliphatic rings. The predicted octanol–water partition coefficient (Wildman–Crippen LogP) is 3.18. The number of hydrogen-bond acceptors (Lipinski definition) is 5. The van der Waals surface area contributed by atoms with Crippen molar-refractivity contribution >= 4 is 5.97 Å². The molecule has 2 rings (SSSR count). The largest absolute Gasteiger partial charge is 0.426 e. The zero-order valence-corrected chi connectivity index (χ0v) is 13.0. The van der Waals surface area contributed by atoms with Crippen LogP contribution >= 0.6 is 0 Å². The van der Waals surface area contributed by atoms with Crippen molar-refractivity contribution in [2.75, 3.05) is 6.61 Å². The van der Waals surface area contributed by atoms with Crippen molar-refractivity contribution in [2.45, 2.75) is 51.2 Å². The van der Waals surface area contributed by atoms with Crippen LogP contribution in [0.25, 0.3) is 0 Å². The van der Waals surface area contributed by atoms with Gasteiger partial charge < -0.3 is 14.6 Å². The van der Waals surface area contributed by atoms with Crippen LogP contribution in [0.4, 0.5) is 0 Å². The van der Waals surface area contributed by atoms with Crippen LogP contribution in [-0.2, 0) is 9.53 Å². The average Bonchev–Trinajstić information content (AvgIpc) is 2.50. The number of aliphatic hydroxyl groups is 1. The Balaban J connectivity index is 0.000000224. The Hall–Kier alpha value is -1.90. The molecular weight excluding hydrogens is 282 g/mol. The minimum Gasteiger partial charge on any atom is -0.426 e. The molecule has 0 atom stereocenters. The van der Waals surface area contributed by atoms with E-state index in [1.54, 1.807) is 30.3 Å². The van der Waals surface area contributed by atoms with Crippen LogP contribution < -0.4 is 4.74 Å². The normalized spacial score (nSPS) is 15.9. The number of esters is 1. The van der Waals surface area contributed by atoms with Gasteiger partial charge in [-0.15, -0.1) is 0 Å². The summed E-state index contributed by atoms with van der Waals surface area (Å²) in [5.41, 5.74) is 0. The van der Waals surface area contributed by atoms with Crippen LogP contribution in [0, 0.1) is 11.3 Å². The highest BCUT2D eigenvalue weighted by Crippen LogP contribution is 2.28. The first-order chi connectivity index (χ1) is 10.6. The van der Waals surface area contributed by atoms with Gasteiger partial charge in [-0.2, -0.15) is 5.26 Å². The van der Waals surface area contributed by atoms with Crippen molar-refractivity contribution in [3.63, 3.8) is 0 Å². The molecule has 0 heterocycles. The molecular formula is C17H23NO4. The van der Waals surface area contributed by atoms with Gasteiger partial charge >= 0.3 is 5.97 Å². The first-order valence-electron chi connectivity index (χ1n) is 7.58. The lowest BCUT2D eigenvalue weighted by Crippen LogP contribution is -2.34. The highest BCUT2D eigenvalue weighted by atomic mass is 16.6. The fourth-order valence-electron chi connectivity index (χ4n) is 2.24. The maximum atomic E-state index is 10.8. The molecule has 5 nitrogen and oxygen atoms in total. The lowest BCUT2D eigenvalue weighted by atomic mass is 9.94. The summed E-state index contributed by atoms with van der Waals surface area (Å²) in [5.74, 6) is -0.825. The summed E-state index contributed by atoms with van der Waals surface area (Å²) in [6.07, 6.45) is 4.89. The molecule has 0 unspecified atom stereocenters. The van der Waals surface area contributed by atoms with Crippen LogP contribution in [0.5, 0.6) is 5.75 Å². The second kappa shape index (κ2) is 9.93. The quantitative estimate of drug-likeness (QED) is 0.525. The Morgan fingerprint density at radius 3 is 2.45 bits per heavy atom. The van der Waals surface area contributed by atoms with E-state index < -0.39 is 11.8 Å². The van der Waals surface area contributed by atoms with E-state index in [1.807, 2.05) is 13.0 Å². The molecule has 1 aliphatic carbocycles. The monoisotopic (exact) mass is 305 g/mol. The van der Waals surface area contributed by atoms with Gasteiger partial charge in [0.1, 0.15) is 12.2 Å². The second-order valence-corrected chi connectivity index (χ2v) is 5.06. The van der Waals surface area contributed by atoms with Crippen LogP contribution in [0.3, 0.4) is 0 Å². The van der Waals surface area contributed by atoms with Gasteiger partial charge in [0.25, 0.3) is 0 Å².